The van der Waals surface area contributed by atoms with Crippen LogP contribution in [-0.2, 0) is 14.8 Å². The first-order chi connectivity index (χ1) is 16.8. The molecule has 9 heteroatoms. The Bertz CT molecular complexity index is 1220. The molecule has 0 radical (unpaired) electrons. The molecule has 0 heterocycles. The van der Waals surface area contributed by atoms with Crippen LogP contribution in [0.25, 0.3) is 0 Å². The molecule has 1 amide bonds. The lowest BCUT2D eigenvalue weighted by Crippen LogP contribution is -2.41. The van der Waals surface area contributed by atoms with Gasteiger partial charge in [-0.15, -0.1) is 11.8 Å². The molecule has 6 nitrogen and oxygen atoms in total. The first kappa shape index (κ1) is 26.9. The number of ether oxygens (including phenoxy) is 1. The third-order valence-electron chi connectivity index (χ3n) is 5.06. The number of sulfonamides is 1. The molecular weight excluding hydrogens is 504 g/mol. The molecule has 3 rings (SSSR count). The molecule has 3 aromatic carbocycles. The number of aryl methyl sites for hydroxylation is 1. The molecule has 0 aliphatic heterocycles. The summed E-state index contributed by atoms with van der Waals surface area (Å²) >= 11 is 7.58. The Balaban J connectivity index is 1.70. The van der Waals surface area contributed by atoms with Crippen LogP contribution in [-0.4, -0.2) is 39.8 Å². The second kappa shape index (κ2) is 12.9. The standard InChI is InChI=1S/C26H29ClN2O4S2/c1-3-33-25-8-5-4-7-24(25)29(35(31,32)23-15-9-20(2)10-16-23)19-26(30)28-17-6-18-34-22-13-11-21(27)12-14-22/h4-5,7-16H,3,6,17-19H2,1-2H3,(H,28,30). The van der Waals surface area contributed by atoms with Gasteiger partial charge in [0.25, 0.3) is 10.0 Å². The Kier molecular flexibility index (Phi) is 9.89. The molecule has 0 spiro atoms. The minimum Gasteiger partial charge on any atom is -0.492 e. The predicted molar refractivity (Wildman–Crippen MR) is 143 cm³/mol. The monoisotopic (exact) mass is 532 g/mol. The second-order valence-corrected chi connectivity index (χ2v) is 11.2. The van der Waals surface area contributed by atoms with Crippen molar-refractivity contribution in [1.82, 2.24) is 5.32 Å². The van der Waals surface area contributed by atoms with Crippen molar-refractivity contribution < 1.29 is 17.9 Å². The number of para-hydroxylation sites is 2. The molecule has 0 aliphatic carbocycles. The third kappa shape index (κ3) is 7.65. The quantitative estimate of drug-likeness (QED) is 0.245. The van der Waals surface area contributed by atoms with Crippen molar-refractivity contribution in [2.24, 2.45) is 0 Å². The first-order valence-corrected chi connectivity index (χ1v) is 14.1. The third-order valence-corrected chi connectivity index (χ3v) is 8.18. The lowest BCUT2D eigenvalue weighted by atomic mass is 10.2. The van der Waals surface area contributed by atoms with Gasteiger partial charge in [0.2, 0.25) is 5.91 Å². The summed E-state index contributed by atoms with van der Waals surface area (Å²) in [6.45, 7) is 4.16. The van der Waals surface area contributed by atoms with Gasteiger partial charge in [-0.3, -0.25) is 9.10 Å². The van der Waals surface area contributed by atoms with Crippen LogP contribution in [0.4, 0.5) is 5.69 Å². The first-order valence-electron chi connectivity index (χ1n) is 11.3. The number of halogens is 1. The average Bonchev–Trinajstić information content (AvgIpc) is 2.84. The molecule has 0 saturated heterocycles. The maximum absolute atomic E-state index is 13.6. The van der Waals surface area contributed by atoms with Crippen LogP contribution in [0.5, 0.6) is 5.75 Å². The summed E-state index contributed by atoms with van der Waals surface area (Å²) in [6.07, 6.45) is 0.735. The van der Waals surface area contributed by atoms with Gasteiger partial charge in [-0.1, -0.05) is 41.4 Å². The number of amides is 1. The number of hydrogen-bond acceptors (Lipinski definition) is 5. The van der Waals surface area contributed by atoms with Crippen LogP contribution in [0.15, 0.2) is 82.6 Å². The number of hydrogen-bond donors (Lipinski definition) is 1. The summed E-state index contributed by atoms with van der Waals surface area (Å²) in [5.41, 5.74) is 1.27. The molecule has 3 aromatic rings. The van der Waals surface area contributed by atoms with E-state index in [0.717, 1.165) is 26.9 Å². The van der Waals surface area contributed by atoms with Gasteiger partial charge in [0.05, 0.1) is 17.2 Å². The zero-order valence-corrected chi connectivity index (χ0v) is 22.1. The van der Waals surface area contributed by atoms with E-state index in [1.165, 1.54) is 0 Å². The van der Waals surface area contributed by atoms with E-state index in [1.807, 2.05) is 38.1 Å². The number of carbonyl (C=O) groups excluding carboxylic acids is 1. The molecular formula is C26H29ClN2O4S2. The Morgan fingerprint density at radius 2 is 1.71 bits per heavy atom. The number of thioether (sulfide) groups is 1. The Morgan fingerprint density at radius 3 is 2.40 bits per heavy atom. The van der Waals surface area contributed by atoms with Crippen molar-refractivity contribution in [2.45, 2.75) is 30.1 Å². The van der Waals surface area contributed by atoms with Crippen molar-refractivity contribution in [3.63, 3.8) is 0 Å². The molecule has 0 aliphatic rings. The van der Waals surface area contributed by atoms with Gasteiger partial charge in [0, 0.05) is 16.5 Å². The molecule has 186 valence electrons. The summed E-state index contributed by atoms with van der Waals surface area (Å²) in [6, 6.07) is 21.0. The largest absolute Gasteiger partial charge is 0.492 e. The average molecular weight is 533 g/mol. The fraction of sp³-hybridized carbons (Fsp3) is 0.269. The van der Waals surface area contributed by atoms with E-state index < -0.39 is 10.0 Å². The van der Waals surface area contributed by atoms with Gasteiger partial charge in [-0.2, -0.15) is 0 Å². The zero-order valence-electron chi connectivity index (χ0n) is 19.7. The number of anilines is 1. The fourth-order valence-corrected chi connectivity index (χ4v) is 5.70. The number of carbonyl (C=O) groups is 1. The minimum atomic E-state index is -4.00. The van der Waals surface area contributed by atoms with E-state index in [-0.39, 0.29) is 17.3 Å². The lowest BCUT2D eigenvalue weighted by molar-refractivity contribution is -0.119. The molecule has 1 N–H and O–H groups in total. The van der Waals surface area contributed by atoms with Crippen molar-refractivity contribution >= 4 is 45.0 Å². The predicted octanol–water partition coefficient (Wildman–Crippen LogP) is 5.54. The second-order valence-electron chi connectivity index (χ2n) is 7.73. The van der Waals surface area contributed by atoms with E-state index in [2.05, 4.69) is 5.32 Å². The molecule has 0 bridgehead atoms. The van der Waals surface area contributed by atoms with E-state index in [4.69, 9.17) is 16.3 Å². The number of benzene rings is 3. The van der Waals surface area contributed by atoms with Gasteiger partial charge >= 0.3 is 0 Å². The molecule has 0 aromatic heterocycles. The molecule has 0 unspecified atom stereocenters. The van der Waals surface area contributed by atoms with Crippen molar-refractivity contribution in [3.8, 4) is 5.75 Å². The summed E-state index contributed by atoms with van der Waals surface area (Å²) in [4.78, 5) is 14.0. The number of nitrogens with zero attached hydrogens (tertiary/aromatic N) is 1. The van der Waals surface area contributed by atoms with Gasteiger partial charge in [-0.05, 0) is 74.6 Å². The highest BCUT2D eigenvalue weighted by Crippen LogP contribution is 2.32. The number of nitrogens with one attached hydrogen (secondary N) is 1. The van der Waals surface area contributed by atoms with Crippen LogP contribution in [0.3, 0.4) is 0 Å². The van der Waals surface area contributed by atoms with E-state index in [1.54, 1.807) is 60.3 Å². The summed E-state index contributed by atoms with van der Waals surface area (Å²) in [5, 5.41) is 3.53. The lowest BCUT2D eigenvalue weighted by Gasteiger charge is -2.26. The maximum atomic E-state index is 13.6. The highest BCUT2D eigenvalue weighted by molar-refractivity contribution is 7.99. The van der Waals surface area contributed by atoms with Gasteiger partial charge in [0.1, 0.15) is 12.3 Å². The van der Waals surface area contributed by atoms with Gasteiger partial charge in [0.15, 0.2) is 0 Å². The molecule has 35 heavy (non-hydrogen) atoms. The van der Waals surface area contributed by atoms with E-state index in [9.17, 15) is 13.2 Å². The fourth-order valence-electron chi connectivity index (χ4n) is 3.29. The molecule has 0 atom stereocenters. The summed E-state index contributed by atoms with van der Waals surface area (Å²) in [5.74, 6) is 0.821. The maximum Gasteiger partial charge on any atom is 0.264 e. The normalized spacial score (nSPS) is 11.2. The van der Waals surface area contributed by atoms with Gasteiger partial charge in [-0.25, -0.2) is 8.42 Å². The van der Waals surface area contributed by atoms with E-state index in [0.29, 0.717) is 29.6 Å². The van der Waals surface area contributed by atoms with Crippen LogP contribution < -0.4 is 14.4 Å². The molecule has 0 fully saturated rings. The molecule has 0 saturated carbocycles. The van der Waals surface area contributed by atoms with Crippen LogP contribution in [0.1, 0.15) is 18.9 Å². The SMILES string of the molecule is CCOc1ccccc1N(CC(=O)NCCCSc1ccc(Cl)cc1)S(=O)(=O)c1ccc(C)cc1. The smallest absolute Gasteiger partial charge is 0.264 e. The van der Waals surface area contributed by atoms with Gasteiger partial charge < -0.3 is 10.1 Å². The van der Waals surface area contributed by atoms with Crippen LogP contribution in [0.2, 0.25) is 5.02 Å². The minimum absolute atomic E-state index is 0.113. The van der Waals surface area contributed by atoms with Crippen molar-refractivity contribution in [3.05, 3.63) is 83.4 Å². The highest BCUT2D eigenvalue weighted by Gasteiger charge is 2.29. The summed E-state index contributed by atoms with van der Waals surface area (Å²) < 4.78 is 33.9. The topological polar surface area (TPSA) is 75.7 Å². The van der Waals surface area contributed by atoms with Crippen LogP contribution in [0, 0.1) is 6.92 Å². The Hall–Kier alpha value is -2.68. The zero-order chi connectivity index (χ0) is 25.3. The van der Waals surface area contributed by atoms with E-state index >= 15 is 0 Å². The Labute approximate surface area is 216 Å². The highest BCUT2D eigenvalue weighted by atomic mass is 35.5. The number of rotatable bonds is 12. The van der Waals surface area contributed by atoms with Crippen molar-refractivity contribution in [1.29, 1.82) is 0 Å². The summed E-state index contributed by atoms with van der Waals surface area (Å²) in [7, 11) is -4.00. The Morgan fingerprint density at radius 1 is 1.03 bits per heavy atom. The van der Waals surface area contributed by atoms with Crippen LogP contribution >= 0.6 is 23.4 Å². The van der Waals surface area contributed by atoms with Crippen molar-refractivity contribution in [2.75, 3.05) is 29.8 Å².